The lowest BCUT2D eigenvalue weighted by molar-refractivity contribution is -0.116. The van der Waals surface area contributed by atoms with Crippen molar-refractivity contribution >= 4 is 29.2 Å². The maximum absolute atomic E-state index is 11.5. The second kappa shape index (κ2) is 6.36. The highest BCUT2D eigenvalue weighted by Gasteiger charge is 2.06. The van der Waals surface area contributed by atoms with E-state index in [2.05, 4.69) is 10.3 Å². The minimum atomic E-state index is -0.226. The summed E-state index contributed by atoms with van der Waals surface area (Å²) in [6, 6.07) is 5.57. The molecule has 0 bridgehead atoms. The number of aromatic nitrogens is 2. The Labute approximate surface area is 115 Å². The molecule has 0 saturated heterocycles. The van der Waals surface area contributed by atoms with Crippen molar-refractivity contribution in [3.05, 3.63) is 41.3 Å². The molecule has 0 unspecified atom stereocenters. The Hall–Kier alpha value is -1.85. The third kappa shape index (κ3) is 3.33. The lowest BCUT2D eigenvalue weighted by atomic mass is 10.3. The van der Waals surface area contributed by atoms with Crippen LogP contribution in [0.4, 0.5) is 0 Å². The van der Waals surface area contributed by atoms with Gasteiger partial charge < -0.3 is 10.4 Å². The normalized spacial score (nSPS) is 11.3. The van der Waals surface area contributed by atoms with Crippen LogP contribution in [-0.2, 0) is 4.79 Å². The smallest absolute Gasteiger partial charge is 0.244 e. The first-order valence-electron chi connectivity index (χ1n) is 5.91. The highest BCUT2D eigenvalue weighted by atomic mass is 35.5. The number of fused-ring (bicyclic) bond motifs is 1. The van der Waals surface area contributed by atoms with Crippen LogP contribution >= 0.6 is 11.6 Å². The average Bonchev–Trinajstić information content (AvgIpc) is 2.72. The van der Waals surface area contributed by atoms with Crippen molar-refractivity contribution in [1.29, 1.82) is 0 Å². The van der Waals surface area contributed by atoms with E-state index in [1.807, 2.05) is 24.4 Å². The summed E-state index contributed by atoms with van der Waals surface area (Å²) in [7, 11) is 0. The highest BCUT2D eigenvalue weighted by Crippen LogP contribution is 2.18. The van der Waals surface area contributed by atoms with Gasteiger partial charge in [-0.1, -0.05) is 17.7 Å². The number of rotatable bonds is 5. The Kier molecular flexibility index (Phi) is 4.54. The summed E-state index contributed by atoms with van der Waals surface area (Å²) in [6.45, 7) is 0.504. The van der Waals surface area contributed by atoms with E-state index in [1.165, 1.54) is 6.08 Å². The van der Waals surface area contributed by atoms with Crippen LogP contribution in [0.1, 0.15) is 12.1 Å². The summed E-state index contributed by atoms with van der Waals surface area (Å²) in [5.41, 5.74) is 1.39. The minimum Gasteiger partial charge on any atom is -0.396 e. The van der Waals surface area contributed by atoms with Crippen molar-refractivity contribution in [2.75, 3.05) is 13.2 Å². The lowest BCUT2D eigenvalue weighted by Gasteiger charge is -1.99. The number of hydrogen-bond acceptors (Lipinski definition) is 3. The molecule has 2 aromatic heterocycles. The van der Waals surface area contributed by atoms with E-state index in [0.717, 1.165) is 5.65 Å². The summed E-state index contributed by atoms with van der Waals surface area (Å²) in [6.07, 6.45) is 5.39. The highest BCUT2D eigenvalue weighted by molar-refractivity contribution is 6.31. The molecule has 0 radical (unpaired) electrons. The number of aliphatic hydroxyl groups excluding tert-OH is 1. The zero-order chi connectivity index (χ0) is 13.7. The van der Waals surface area contributed by atoms with E-state index in [-0.39, 0.29) is 12.5 Å². The van der Waals surface area contributed by atoms with Crippen molar-refractivity contribution in [3.63, 3.8) is 0 Å². The SMILES string of the molecule is O=C(/C=C/c1c(Cl)nc2ccccn12)NCCCO. The van der Waals surface area contributed by atoms with Crippen molar-refractivity contribution in [1.82, 2.24) is 14.7 Å². The number of carbonyl (C=O) groups is 1. The van der Waals surface area contributed by atoms with Gasteiger partial charge in [0.25, 0.3) is 0 Å². The molecule has 2 rings (SSSR count). The molecule has 0 saturated carbocycles. The molecule has 19 heavy (non-hydrogen) atoms. The monoisotopic (exact) mass is 279 g/mol. The number of nitrogens with zero attached hydrogens (tertiary/aromatic N) is 2. The molecule has 0 aliphatic rings. The maximum Gasteiger partial charge on any atom is 0.244 e. The van der Waals surface area contributed by atoms with Gasteiger partial charge in [0.05, 0.1) is 5.69 Å². The van der Waals surface area contributed by atoms with Gasteiger partial charge in [-0.3, -0.25) is 9.20 Å². The van der Waals surface area contributed by atoms with E-state index in [4.69, 9.17) is 16.7 Å². The summed E-state index contributed by atoms with van der Waals surface area (Å²) < 4.78 is 1.81. The molecule has 6 heteroatoms. The zero-order valence-electron chi connectivity index (χ0n) is 10.2. The number of nitrogens with one attached hydrogen (secondary N) is 1. The first-order valence-corrected chi connectivity index (χ1v) is 6.29. The predicted octanol–water partition coefficient (Wildman–Crippen LogP) is 1.50. The second-order valence-corrected chi connectivity index (χ2v) is 4.28. The fraction of sp³-hybridized carbons (Fsp3) is 0.231. The lowest BCUT2D eigenvalue weighted by Crippen LogP contribution is -2.22. The van der Waals surface area contributed by atoms with Gasteiger partial charge in [-0.15, -0.1) is 0 Å². The van der Waals surface area contributed by atoms with Crippen LogP contribution in [0, 0.1) is 0 Å². The van der Waals surface area contributed by atoms with Crippen molar-refractivity contribution < 1.29 is 9.90 Å². The quantitative estimate of drug-likeness (QED) is 0.644. The molecule has 1 amide bonds. The van der Waals surface area contributed by atoms with Crippen LogP contribution in [0.5, 0.6) is 0 Å². The average molecular weight is 280 g/mol. The fourth-order valence-corrected chi connectivity index (χ4v) is 1.88. The summed E-state index contributed by atoms with van der Waals surface area (Å²) in [5.74, 6) is -0.226. The number of halogens is 1. The first kappa shape index (κ1) is 13.6. The molecule has 2 heterocycles. The molecule has 2 aromatic rings. The molecule has 2 N–H and O–H groups in total. The van der Waals surface area contributed by atoms with Crippen molar-refractivity contribution in [2.24, 2.45) is 0 Å². The Morgan fingerprint density at radius 1 is 1.53 bits per heavy atom. The number of carbonyl (C=O) groups excluding carboxylic acids is 1. The van der Waals surface area contributed by atoms with Gasteiger partial charge in [0.2, 0.25) is 5.91 Å². The predicted molar refractivity (Wildman–Crippen MR) is 73.9 cm³/mol. The Bertz CT molecular complexity index is 607. The Morgan fingerprint density at radius 2 is 2.37 bits per heavy atom. The van der Waals surface area contributed by atoms with Gasteiger partial charge in [-0.25, -0.2) is 4.98 Å². The van der Waals surface area contributed by atoms with Crippen LogP contribution in [0.3, 0.4) is 0 Å². The molecule has 0 aromatic carbocycles. The molecular formula is C13H14ClN3O2. The zero-order valence-corrected chi connectivity index (χ0v) is 11.0. The van der Waals surface area contributed by atoms with E-state index in [1.54, 1.807) is 10.5 Å². The van der Waals surface area contributed by atoms with Gasteiger partial charge in [-0.2, -0.15) is 0 Å². The van der Waals surface area contributed by atoms with Gasteiger partial charge in [-0.05, 0) is 24.6 Å². The van der Waals surface area contributed by atoms with E-state index in [9.17, 15) is 4.79 Å². The van der Waals surface area contributed by atoms with Gasteiger partial charge in [0, 0.05) is 25.4 Å². The topological polar surface area (TPSA) is 66.6 Å². The second-order valence-electron chi connectivity index (χ2n) is 3.92. The van der Waals surface area contributed by atoms with Crippen LogP contribution < -0.4 is 5.32 Å². The van der Waals surface area contributed by atoms with Crippen LogP contribution in [0.15, 0.2) is 30.5 Å². The Morgan fingerprint density at radius 3 is 3.16 bits per heavy atom. The largest absolute Gasteiger partial charge is 0.396 e. The molecule has 0 spiro atoms. The van der Waals surface area contributed by atoms with Crippen LogP contribution in [0.2, 0.25) is 5.15 Å². The standard InChI is InChI=1S/C13H14ClN3O2/c14-13-10(5-6-12(19)15-7-3-9-18)17-8-2-1-4-11(17)16-13/h1-2,4-6,8,18H,3,7,9H2,(H,15,19)/b6-5+. The molecular weight excluding hydrogens is 266 g/mol. The van der Waals surface area contributed by atoms with Gasteiger partial charge >= 0.3 is 0 Å². The third-order valence-electron chi connectivity index (χ3n) is 2.55. The summed E-state index contributed by atoms with van der Waals surface area (Å²) in [4.78, 5) is 15.7. The molecule has 0 fully saturated rings. The van der Waals surface area contributed by atoms with Gasteiger partial charge in [0.1, 0.15) is 5.65 Å². The molecule has 100 valence electrons. The third-order valence-corrected chi connectivity index (χ3v) is 2.83. The van der Waals surface area contributed by atoms with E-state index in [0.29, 0.717) is 23.8 Å². The van der Waals surface area contributed by atoms with Gasteiger partial charge in [0.15, 0.2) is 5.15 Å². The first-order chi connectivity index (χ1) is 9.22. The Balaban J connectivity index is 2.12. The number of hydrogen-bond donors (Lipinski definition) is 2. The van der Waals surface area contributed by atoms with E-state index < -0.39 is 0 Å². The number of pyridine rings is 1. The number of aliphatic hydroxyl groups is 1. The summed E-state index contributed by atoms with van der Waals surface area (Å²) >= 11 is 6.03. The van der Waals surface area contributed by atoms with Crippen molar-refractivity contribution in [3.8, 4) is 0 Å². The molecule has 0 aliphatic heterocycles. The van der Waals surface area contributed by atoms with Crippen LogP contribution in [0.25, 0.3) is 11.7 Å². The number of amides is 1. The fourth-order valence-electron chi connectivity index (χ4n) is 1.64. The van der Waals surface area contributed by atoms with Crippen LogP contribution in [-0.4, -0.2) is 33.6 Å². The molecule has 0 atom stereocenters. The van der Waals surface area contributed by atoms with E-state index >= 15 is 0 Å². The molecule has 5 nitrogen and oxygen atoms in total. The molecule has 0 aliphatic carbocycles. The van der Waals surface area contributed by atoms with Crippen molar-refractivity contribution in [2.45, 2.75) is 6.42 Å². The summed E-state index contributed by atoms with van der Waals surface area (Å²) in [5, 5.41) is 11.6. The minimum absolute atomic E-state index is 0.0586. The number of imidazole rings is 1. The maximum atomic E-state index is 11.5.